The van der Waals surface area contributed by atoms with Gasteiger partial charge in [0, 0.05) is 30.8 Å². The Kier molecular flexibility index (Phi) is 5.07. The topological polar surface area (TPSA) is 29.9 Å². The Morgan fingerprint density at radius 1 is 1.56 bits per heavy atom. The SMILES string of the molecule is C#CCCCCNC(C)c1cnn(C)c1C. The lowest BCUT2D eigenvalue weighted by atomic mass is 10.1. The Labute approximate surface area is 98.2 Å². The van der Waals surface area contributed by atoms with Crippen molar-refractivity contribution >= 4 is 0 Å². The van der Waals surface area contributed by atoms with Crippen molar-refractivity contribution in [1.29, 1.82) is 0 Å². The van der Waals surface area contributed by atoms with Gasteiger partial charge in [0.15, 0.2) is 0 Å². The molecule has 0 aliphatic rings. The van der Waals surface area contributed by atoms with Gasteiger partial charge in [0.2, 0.25) is 0 Å². The minimum atomic E-state index is 0.361. The second kappa shape index (κ2) is 6.34. The average Bonchev–Trinajstić information content (AvgIpc) is 2.59. The Balaban J connectivity index is 2.33. The van der Waals surface area contributed by atoms with E-state index in [-0.39, 0.29) is 0 Å². The number of nitrogens with zero attached hydrogens (tertiary/aromatic N) is 2. The number of aryl methyl sites for hydroxylation is 1. The summed E-state index contributed by atoms with van der Waals surface area (Å²) in [6, 6.07) is 0.361. The molecule has 1 aromatic rings. The van der Waals surface area contributed by atoms with Crippen LogP contribution in [0.25, 0.3) is 0 Å². The Morgan fingerprint density at radius 3 is 2.88 bits per heavy atom. The molecular formula is C13H21N3. The van der Waals surface area contributed by atoms with Gasteiger partial charge in [0.1, 0.15) is 0 Å². The number of rotatable bonds is 6. The van der Waals surface area contributed by atoms with Gasteiger partial charge in [0.05, 0.1) is 6.20 Å². The van der Waals surface area contributed by atoms with E-state index in [0.29, 0.717) is 6.04 Å². The number of terminal acetylenes is 1. The molecular weight excluding hydrogens is 198 g/mol. The molecule has 1 heterocycles. The molecule has 0 aliphatic heterocycles. The first-order chi connectivity index (χ1) is 7.66. The fourth-order valence-corrected chi connectivity index (χ4v) is 1.72. The van der Waals surface area contributed by atoms with Gasteiger partial charge in [-0.1, -0.05) is 0 Å². The molecule has 0 saturated carbocycles. The van der Waals surface area contributed by atoms with Gasteiger partial charge in [-0.25, -0.2) is 0 Å². The van der Waals surface area contributed by atoms with Crippen LogP contribution in [-0.2, 0) is 7.05 Å². The summed E-state index contributed by atoms with van der Waals surface area (Å²) in [5.41, 5.74) is 2.50. The van der Waals surface area contributed by atoms with Crippen molar-refractivity contribution in [2.24, 2.45) is 7.05 Å². The fraction of sp³-hybridized carbons (Fsp3) is 0.615. The highest BCUT2D eigenvalue weighted by Crippen LogP contribution is 2.15. The maximum Gasteiger partial charge on any atom is 0.0540 e. The van der Waals surface area contributed by atoms with Crippen molar-refractivity contribution in [1.82, 2.24) is 15.1 Å². The van der Waals surface area contributed by atoms with Gasteiger partial charge < -0.3 is 5.32 Å². The lowest BCUT2D eigenvalue weighted by molar-refractivity contribution is 0.546. The minimum absolute atomic E-state index is 0.361. The first-order valence-electron chi connectivity index (χ1n) is 5.82. The zero-order chi connectivity index (χ0) is 12.0. The van der Waals surface area contributed by atoms with Crippen LogP contribution in [0, 0.1) is 19.3 Å². The van der Waals surface area contributed by atoms with E-state index in [1.165, 1.54) is 11.3 Å². The highest BCUT2D eigenvalue weighted by molar-refractivity contribution is 5.19. The van der Waals surface area contributed by atoms with Crippen molar-refractivity contribution in [2.75, 3.05) is 6.54 Å². The maximum absolute atomic E-state index is 5.20. The molecule has 0 bridgehead atoms. The van der Waals surface area contributed by atoms with Crippen LogP contribution in [0.2, 0.25) is 0 Å². The van der Waals surface area contributed by atoms with Crippen molar-refractivity contribution < 1.29 is 0 Å². The van der Waals surface area contributed by atoms with Gasteiger partial charge in [-0.3, -0.25) is 4.68 Å². The van der Waals surface area contributed by atoms with Gasteiger partial charge in [-0.2, -0.15) is 5.10 Å². The number of aromatic nitrogens is 2. The van der Waals surface area contributed by atoms with E-state index in [1.54, 1.807) is 0 Å². The van der Waals surface area contributed by atoms with Crippen LogP contribution in [0.3, 0.4) is 0 Å². The smallest absolute Gasteiger partial charge is 0.0540 e. The lowest BCUT2D eigenvalue weighted by Crippen LogP contribution is -2.20. The molecule has 0 spiro atoms. The Morgan fingerprint density at radius 2 is 2.31 bits per heavy atom. The van der Waals surface area contributed by atoms with Crippen LogP contribution in [-0.4, -0.2) is 16.3 Å². The molecule has 1 atom stereocenters. The van der Waals surface area contributed by atoms with E-state index < -0.39 is 0 Å². The normalized spacial score (nSPS) is 12.4. The van der Waals surface area contributed by atoms with Gasteiger partial charge in [0.25, 0.3) is 0 Å². The van der Waals surface area contributed by atoms with Crippen molar-refractivity contribution in [3.63, 3.8) is 0 Å². The van der Waals surface area contributed by atoms with Gasteiger partial charge >= 0.3 is 0 Å². The molecule has 1 aromatic heterocycles. The summed E-state index contributed by atoms with van der Waals surface area (Å²) in [5.74, 6) is 2.66. The Hall–Kier alpha value is -1.27. The molecule has 3 heteroatoms. The summed E-state index contributed by atoms with van der Waals surface area (Å²) in [6.07, 6.45) is 10.3. The van der Waals surface area contributed by atoms with Crippen molar-refractivity contribution in [2.45, 2.75) is 39.2 Å². The predicted octanol–water partition coefficient (Wildman–Crippen LogP) is 2.18. The summed E-state index contributed by atoms with van der Waals surface area (Å²) in [7, 11) is 1.97. The van der Waals surface area contributed by atoms with Gasteiger partial charge in [-0.15, -0.1) is 12.3 Å². The summed E-state index contributed by atoms with van der Waals surface area (Å²) in [5, 5.41) is 7.74. The third kappa shape index (κ3) is 3.39. The third-order valence-corrected chi connectivity index (χ3v) is 2.94. The molecule has 0 saturated heterocycles. The second-order valence-corrected chi connectivity index (χ2v) is 4.15. The lowest BCUT2D eigenvalue weighted by Gasteiger charge is -2.13. The fourth-order valence-electron chi connectivity index (χ4n) is 1.72. The zero-order valence-corrected chi connectivity index (χ0v) is 10.5. The quantitative estimate of drug-likeness (QED) is 0.587. The highest BCUT2D eigenvalue weighted by Gasteiger charge is 2.10. The molecule has 88 valence electrons. The molecule has 3 nitrogen and oxygen atoms in total. The molecule has 1 unspecified atom stereocenters. The predicted molar refractivity (Wildman–Crippen MR) is 67.0 cm³/mol. The summed E-state index contributed by atoms with van der Waals surface area (Å²) in [6.45, 7) is 5.28. The van der Waals surface area contributed by atoms with Crippen LogP contribution in [0.1, 0.15) is 43.5 Å². The molecule has 0 aliphatic carbocycles. The van der Waals surface area contributed by atoms with Crippen LogP contribution < -0.4 is 5.32 Å². The third-order valence-electron chi connectivity index (χ3n) is 2.94. The van der Waals surface area contributed by atoms with E-state index in [9.17, 15) is 0 Å². The number of hydrogen-bond donors (Lipinski definition) is 1. The molecule has 1 rings (SSSR count). The number of nitrogens with one attached hydrogen (secondary N) is 1. The van der Waals surface area contributed by atoms with E-state index >= 15 is 0 Å². The molecule has 1 N–H and O–H groups in total. The first-order valence-corrected chi connectivity index (χ1v) is 5.82. The monoisotopic (exact) mass is 219 g/mol. The van der Waals surface area contributed by atoms with E-state index in [0.717, 1.165) is 25.8 Å². The van der Waals surface area contributed by atoms with E-state index in [4.69, 9.17) is 6.42 Å². The molecule has 0 fully saturated rings. The average molecular weight is 219 g/mol. The standard InChI is InChI=1S/C13H21N3/c1-5-6-7-8-9-14-11(2)13-10-15-16(4)12(13)3/h1,10-11,14H,6-9H2,2-4H3. The summed E-state index contributed by atoms with van der Waals surface area (Å²) >= 11 is 0. The number of hydrogen-bond acceptors (Lipinski definition) is 2. The van der Waals surface area contributed by atoms with Crippen molar-refractivity contribution in [3.8, 4) is 12.3 Å². The van der Waals surface area contributed by atoms with Crippen LogP contribution >= 0.6 is 0 Å². The van der Waals surface area contributed by atoms with Crippen LogP contribution in [0.5, 0.6) is 0 Å². The largest absolute Gasteiger partial charge is 0.310 e. The molecule has 0 aromatic carbocycles. The second-order valence-electron chi connectivity index (χ2n) is 4.15. The number of unbranched alkanes of at least 4 members (excludes halogenated alkanes) is 2. The summed E-state index contributed by atoms with van der Waals surface area (Å²) in [4.78, 5) is 0. The highest BCUT2D eigenvalue weighted by atomic mass is 15.3. The minimum Gasteiger partial charge on any atom is -0.310 e. The summed E-state index contributed by atoms with van der Waals surface area (Å²) < 4.78 is 1.91. The van der Waals surface area contributed by atoms with Gasteiger partial charge in [-0.05, 0) is 33.2 Å². The maximum atomic E-state index is 5.20. The zero-order valence-electron chi connectivity index (χ0n) is 10.5. The van der Waals surface area contributed by atoms with E-state index in [1.807, 2.05) is 17.9 Å². The van der Waals surface area contributed by atoms with Crippen LogP contribution in [0.15, 0.2) is 6.20 Å². The molecule has 16 heavy (non-hydrogen) atoms. The van der Waals surface area contributed by atoms with Crippen LogP contribution in [0.4, 0.5) is 0 Å². The van der Waals surface area contributed by atoms with E-state index in [2.05, 4.69) is 30.2 Å². The first kappa shape index (κ1) is 12.8. The Bertz CT molecular complexity index is 360. The van der Waals surface area contributed by atoms with Crippen molar-refractivity contribution in [3.05, 3.63) is 17.5 Å². The molecule has 0 radical (unpaired) electrons. The molecule has 0 amide bonds.